The van der Waals surface area contributed by atoms with E-state index in [4.69, 9.17) is 4.74 Å². The number of hydrogen-bond acceptors (Lipinski definition) is 2. The largest absolute Gasteiger partial charge is 0.489 e. The summed E-state index contributed by atoms with van der Waals surface area (Å²) in [5.74, 6) is 0.959. The van der Waals surface area contributed by atoms with Crippen LogP contribution in [-0.2, 0) is 13.2 Å². The lowest BCUT2D eigenvalue weighted by atomic mass is 10.1. The molecular weight excluding hydrogens is 282 g/mol. The topological polar surface area (TPSA) is 21.3 Å². The number of nitrogens with one attached hydrogen (secondary N) is 1. The molecule has 0 unspecified atom stereocenters. The van der Waals surface area contributed by atoms with Crippen molar-refractivity contribution in [2.75, 3.05) is 0 Å². The van der Waals surface area contributed by atoms with Gasteiger partial charge in [-0.05, 0) is 18.6 Å². The van der Waals surface area contributed by atoms with Gasteiger partial charge >= 0.3 is 0 Å². The van der Waals surface area contributed by atoms with E-state index in [1.807, 2.05) is 12.1 Å². The molecule has 21 heavy (non-hydrogen) atoms. The Bertz CT molecular complexity index is 537. The molecular formula is C18H24ClNO. The second-order valence-electron chi connectivity index (χ2n) is 5.42. The van der Waals surface area contributed by atoms with Crippen LogP contribution in [0.3, 0.4) is 0 Å². The van der Waals surface area contributed by atoms with E-state index in [1.165, 1.54) is 16.7 Å². The molecule has 0 aliphatic carbocycles. The van der Waals surface area contributed by atoms with Gasteiger partial charge in [0.1, 0.15) is 12.4 Å². The molecule has 0 saturated carbocycles. The fraction of sp³-hybridized carbons (Fsp3) is 0.333. The molecule has 0 atom stereocenters. The van der Waals surface area contributed by atoms with E-state index in [0.717, 1.165) is 12.3 Å². The standard InChI is InChI=1S/C18H23NO.ClH/c1-14(2)19-12-17-6-4-5-7-18(17)20-13-16-10-8-15(3)9-11-16;/h4-11,14,19H,12-13H2,1-3H3;1H. The van der Waals surface area contributed by atoms with Gasteiger partial charge < -0.3 is 10.1 Å². The third-order valence-corrected chi connectivity index (χ3v) is 3.19. The summed E-state index contributed by atoms with van der Waals surface area (Å²) in [5, 5.41) is 3.43. The lowest BCUT2D eigenvalue weighted by Crippen LogP contribution is -2.22. The average Bonchev–Trinajstić information content (AvgIpc) is 2.45. The van der Waals surface area contributed by atoms with Crippen LogP contribution in [0.1, 0.15) is 30.5 Å². The van der Waals surface area contributed by atoms with Crippen molar-refractivity contribution in [1.29, 1.82) is 0 Å². The van der Waals surface area contributed by atoms with Crippen LogP contribution in [0.15, 0.2) is 48.5 Å². The van der Waals surface area contributed by atoms with Gasteiger partial charge in [0.15, 0.2) is 0 Å². The summed E-state index contributed by atoms with van der Waals surface area (Å²) < 4.78 is 5.96. The predicted molar refractivity (Wildman–Crippen MR) is 91.2 cm³/mol. The Hall–Kier alpha value is -1.51. The van der Waals surface area contributed by atoms with Crippen LogP contribution in [-0.4, -0.2) is 6.04 Å². The molecule has 2 nitrogen and oxygen atoms in total. The second kappa shape index (κ2) is 8.71. The molecule has 0 fully saturated rings. The van der Waals surface area contributed by atoms with E-state index in [0.29, 0.717) is 12.6 Å². The summed E-state index contributed by atoms with van der Waals surface area (Å²) in [6.07, 6.45) is 0. The maximum Gasteiger partial charge on any atom is 0.124 e. The third kappa shape index (κ3) is 5.78. The fourth-order valence-corrected chi connectivity index (χ4v) is 1.95. The Kier molecular flexibility index (Phi) is 7.27. The van der Waals surface area contributed by atoms with Crippen molar-refractivity contribution in [3.63, 3.8) is 0 Å². The van der Waals surface area contributed by atoms with Gasteiger partial charge in [0, 0.05) is 18.2 Å². The molecule has 2 aromatic rings. The minimum Gasteiger partial charge on any atom is -0.489 e. The Labute approximate surface area is 133 Å². The zero-order chi connectivity index (χ0) is 14.4. The van der Waals surface area contributed by atoms with Crippen LogP contribution in [0.25, 0.3) is 0 Å². The molecule has 0 saturated heterocycles. The van der Waals surface area contributed by atoms with Crippen molar-refractivity contribution >= 4 is 12.4 Å². The number of hydrogen-bond donors (Lipinski definition) is 1. The van der Waals surface area contributed by atoms with Gasteiger partial charge in [-0.15, -0.1) is 12.4 Å². The molecule has 0 bridgehead atoms. The SMILES string of the molecule is Cc1ccc(COc2ccccc2CNC(C)C)cc1.Cl. The first kappa shape index (κ1) is 17.5. The van der Waals surface area contributed by atoms with Crippen LogP contribution in [0.5, 0.6) is 5.75 Å². The van der Waals surface area contributed by atoms with E-state index in [-0.39, 0.29) is 12.4 Å². The van der Waals surface area contributed by atoms with Gasteiger partial charge in [0.25, 0.3) is 0 Å². The zero-order valence-corrected chi connectivity index (χ0v) is 13.7. The lowest BCUT2D eigenvalue weighted by Gasteiger charge is -2.13. The van der Waals surface area contributed by atoms with E-state index >= 15 is 0 Å². The molecule has 1 N–H and O–H groups in total. The number of benzene rings is 2. The number of halogens is 1. The van der Waals surface area contributed by atoms with Gasteiger partial charge in [0.2, 0.25) is 0 Å². The highest BCUT2D eigenvalue weighted by Crippen LogP contribution is 2.19. The number of aryl methyl sites for hydroxylation is 1. The van der Waals surface area contributed by atoms with E-state index in [1.54, 1.807) is 0 Å². The summed E-state index contributed by atoms with van der Waals surface area (Å²) in [5.41, 5.74) is 3.67. The normalized spacial score (nSPS) is 10.3. The van der Waals surface area contributed by atoms with Crippen LogP contribution >= 0.6 is 12.4 Å². The summed E-state index contributed by atoms with van der Waals surface area (Å²) in [6, 6.07) is 17.1. The Morgan fingerprint density at radius 1 is 1.00 bits per heavy atom. The van der Waals surface area contributed by atoms with Crippen LogP contribution < -0.4 is 10.1 Å². The molecule has 0 aromatic heterocycles. The monoisotopic (exact) mass is 305 g/mol. The minimum atomic E-state index is 0. The highest BCUT2D eigenvalue weighted by atomic mass is 35.5. The smallest absolute Gasteiger partial charge is 0.124 e. The Balaban J connectivity index is 0.00000220. The summed E-state index contributed by atoms with van der Waals surface area (Å²) in [6.45, 7) is 7.84. The quantitative estimate of drug-likeness (QED) is 0.849. The van der Waals surface area contributed by atoms with Gasteiger partial charge in [-0.3, -0.25) is 0 Å². The molecule has 0 aliphatic rings. The van der Waals surface area contributed by atoms with Crippen molar-refractivity contribution in [3.05, 3.63) is 65.2 Å². The molecule has 2 aromatic carbocycles. The van der Waals surface area contributed by atoms with Crippen LogP contribution in [0, 0.1) is 6.92 Å². The Morgan fingerprint density at radius 2 is 1.67 bits per heavy atom. The van der Waals surface area contributed by atoms with Crippen molar-refractivity contribution in [1.82, 2.24) is 5.32 Å². The Morgan fingerprint density at radius 3 is 2.33 bits per heavy atom. The molecule has 2 rings (SSSR count). The molecule has 114 valence electrons. The molecule has 0 radical (unpaired) electrons. The minimum absolute atomic E-state index is 0. The van der Waals surface area contributed by atoms with Crippen molar-refractivity contribution in [3.8, 4) is 5.75 Å². The van der Waals surface area contributed by atoms with Crippen molar-refractivity contribution in [2.45, 2.75) is 40.0 Å². The first-order chi connectivity index (χ1) is 9.65. The van der Waals surface area contributed by atoms with E-state index in [9.17, 15) is 0 Å². The van der Waals surface area contributed by atoms with Crippen molar-refractivity contribution < 1.29 is 4.74 Å². The molecule has 0 heterocycles. The number of rotatable bonds is 6. The highest BCUT2D eigenvalue weighted by molar-refractivity contribution is 5.85. The van der Waals surface area contributed by atoms with Crippen LogP contribution in [0.4, 0.5) is 0 Å². The summed E-state index contributed by atoms with van der Waals surface area (Å²) in [4.78, 5) is 0. The summed E-state index contributed by atoms with van der Waals surface area (Å²) in [7, 11) is 0. The van der Waals surface area contributed by atoms with Gasteiger partial charge in [-0.1, -0.05) is 61.9 Å². The number of para-hydroxylation sites is 1. The van der Waals surface area contributed by atoms with E-state index < -0.39 is 0 Å². The maximum absolute atomic E-state index is 5.96. The van der Waals surface area contributed by atoms with Crippen molar-refractivity contribution in [2.24, 2.45) is 0 Å². The maximum atomic E-state index is 5.96. The highest BCUT2D eigenvalue weighted by Gasteiger charge is 2.04. The first-order valence-corrected chi connectivity index (χ1v) is 7.15. The van der Waals surface area contributed by atoms with E-state index in [2.05, 4.69) is 62.5 Å². The van der Waals surface area contributed by atoms with Crippen LogP contribution in [0.2, 0.25) is 0 Å². The second-order valence-corrected chi connectivity index (χ2v) is 5.42. The zero-order valence-electron chi connectivity index (χ0n) is 12.9. The summed E-state index contributed by atoms with van der Waals surface area (Å²) >= 11 is 0. The molecule has 3 heteroatoms. The lowest BCUT2D eigenvalue weighted by molar-refractivity contribution is 0.302. The molecule has 0 amide bonds. The number of ether oxygens (including phenoxy) is 1. The van der Waals surface area contributed by atoms with Gasteiger partial charge in [-0.2, -0.15) is 0 Å². The average molecular weight is 306 g/mol. The first-order valence-electron chi connectivity index (χ1n) is 7.15. The molecule has 0 aliphatic heterocycles. The van der Waals surface area contributed by atoms with Gasteiger partial charge in [-0.25, -0.2) is 0 Å². The predicted octanol–water partition coefficient (Wildman–Crippen LogP) is 4.49. The molecule has 0 spiro atoms. The third-order valence-electron chi connectivity index (χ3n) is 3.19. The van der Waals surface area contributed by atoms with Gasteiger partial charge in [0.05, 0.1) is 0 Å². The fourth-order valence-electron chi connectivity index (χ4n) is 1.95.